The Hall–Kier alpha value is 0.620. The molecule has 4 bridgehead atoms. The minimum atomic E-state index is 0.484. The van der Waals surface area contributed by atoms with Gasteiger partial charge in [-0.05, 0) is 94.2 Å². The first-order valence-corrected chi connectivity index (χ1v) is 9.71. The molecule has 1 aromatic rings. The van der Waals surface area contributed by atoms with E-state index in [2.05, 4.69) is 43.2 Å². The average molecular weight is 405 g/mol. The van der Waals surface area contributed by atoms with Crippen molar-refractivity contribution in [3.05, 3.63) is 19.2 Å². The molecule has 4 fully saturated rings. The topological polar surface area (TPSA) is 12.0 Å². The van der Waals surface area contributed by atoms with Crippen LogP contribution in [0.5, 0.6) is 0 Å². The molecule has 1 N–H and O–H groups in total. The Labute approximate surface area is 135 Å². The van der Waals surface area contributed by atoms with Gasteiger partial charge in [0, 0.05) is 21.4 Å². The highest BCUT2D eigenvalue weighted by molar-refractivity contribution is 9.13. The first-order chi connectivity index (χ1) is 9.12. The molecule has 1 heterocycles. The Morgan fingerprint density at radius 2 is 1.68 bits per heavy atom. The molecule has 0 radical (unpaired) electrons. The van der Waals surface area contributed by atoms with Crippen LogP contribution in [0.25, 0.3) is 0 Å². The van der Waals surface area contributed by atoms with Crippen LogP contribution >= 0.6 is 43.2 Å². The predicted molar refractivity (Wildman–Crippen MR) is 87.5 cm³/mol. The van der Waals surface area contributed by atoms with Gasteiger partial charge in [-0.3, -0.25) is 0 Å². The lowest BCUT2D eigenvalue weighted by molar-refractivity contribution is -0.0204. The molecule has 0 saturated heterocycles. The molecule has 4 aliphatic rings. The zero-order valence-corrected chi connectivity index (χ0v) is 14.9. The fourth-order valence-corrected chi connectivity index (χ4v) is 7.20. The van der Waals surface area contributed by atoms with E-state index < -0.39 is 0 Å². The lowest BCUT2D eigenvalue weighted by Crippen LogP contribution is -2.58. The van der Waals surface area contributed by atoms with Crippen molar-refractivity contribution in [3.63, 3.8) is 0 Å². The van der Waals surface area contributed by atoms with Gasteiger partial charge >= 0.3 is 0 Å². The number of nitrogens with one attached hydrogen (secondary N) is 1. The van der Waals surface area contributed by atoms with Gasteiger partial charge in [-0.15, -0.1) is 11.3 Å². The van der Waals surface area contributed by atoms with Gasteiger partial charge in [0.15, 0.2) is 0 Å². The minimum Gasteiger partial charge on any atom is -0.306 e. The van der Waals surface area contributed by atoms with E-state index in [9.17, 15) is 0 Å². The normalized spacial score (nSPS) is 40.0. The van der Waals surface area contributed by atoms with Crippen molar-refractivity contribution in [1.29, 1.82) is 0 Å². The summed E-state index contributed by atoms with van der Waals surface area (Å²) in [5.41, 5.74) is 0.484. The number of hydrogen-bond acceptors (Lipinski definition) is 2. The van der Waals surface area contributed by atoms with Gasteiger partial charge in [0.1, 0.15) is 0 Å². The van der Waals surface area contributed by atoms with Crippen LogP contribution in [0.1, 0.15) is 43.4 Å². The van der Waals surface area contributed by atoms with E-state index in [1.165, 1.54) is 51.7 Å². The Morgan fingerprint density at radius 3 is 2.16 bits per heavy atom. The summed E-state index contributed by atoms with van der Waals surface area (Å²) in [7, 11) is 0. The van der Waals surface area contributed by atoms with Crippen molar-refractivity contribution in [2.75, 3.05) is 0 Å². The van der Waals surface area contributed by atoms with Crippen molar-refractivity contribution < 1.29 is 0 Å². The molecule has 1 nitrogen and oxygen atoms in total. The van der Waals surface area contributed by atoms with Gasteiger partial charge in [0.2, 0.25) is 0 Å². The van der Waals surface area contributed by atoms with Crippen LogP contribution in [0.2, 0.25) is 0 Å². The lowest BCUT2D eigenvalue weighted by atomic mass is 9.53. The Balaban J connectivity index is 1.47. The average Bonchev–Trinajstić information content (AvgIpc) is 2.65. The Morgan fingerprint density at radius 1 is 1.11 bits per heavy atom. The van der Waals surface area contributed by atoms with E-state index in [1.807, 2.05) is 11.3 Å². The molecule has 0 amide bonds. The molecule has 19 heavy (non-hydrogen) atoms. The first kappa shape index (κ1) is 13.3. The first-order valence-electron chi connectivity index (χ1n) is 7.31. The number of thiophene rings is 1. The zero-order chi connectivity index (χ0) is 13.0. The molecule has 5 rings (SSSR count). The highest BCUT2D eigenvalue weighted by atomic mass is 79.9. The van der Waals surface area contributed by atoms with Gasteiger partial charge in [-0.2, -0.15) is 0 Å². The maximum atomic E-state index is 3.95. The van der Waals surface area contributed by atoms with Crippen molar-refractivity contribution in [3.8, 4) is 0 Å². The molecule has 1 aromatic heterocycles. The van der Waals surface area contributed by atoms with Crippen molar-refractivity contribution in [1.82, 2.24) is 5.32 Å². The van der Waals surface area contributed by atoms with Gasteiger partial charge in [0.05, 0.1) is 3.79 Å². The fourth-order valence-electron chi connectivity index (χ4n) is 5.08. The van der Waals surface area contributed by atoms with E-state index >= 15 is 0 Å². The van der Waals surface area contributed by atoms with Crippen LogP contribution < -0.4 is 5.32 Å². The van der Waals surface area contributed by atoms with Gasteiger partial charge in [-0.25, -0.2) is 0 Å². The summed E-state index contributed by atoms with van der Waals surface area (Å²) in [5, 5.41) is 3.95. The molecule has 0 aromatic carbocycles. The highest BCUT2D eigenvalue weighted by Crippen LogP contribution is 2.55. The maximum Gasteiger partial charge on any atom is 0.0843 e. The summed E-state index contributed by atoms with van der Waals surface area (Å²) in [6, 6.07) is 2.25. The molecule has 0 atom stereocenters. The van der Waals surface area contributed by atoms with Crippen LogP contribution in [0.4, 0.5) is 0 Å². The SMILES string of the molecule is Brc1cc(CNC23CC4CC(CC(C4)C2)C3)sc1Br. The van der Waals surface area contributed by atoms with Crippen LogP contribution in [0.3, 0.4) is 0 Å². The Bertz CT molecular complexity index is 442. The third kappa shape index (κ3) is 2.47. The maximum absolute atomic E-state index is 3.95. The van der Waals surface area contributed by atoms with E-state index in [4.69, 9.17) is 0 Å². The number of hydrogen-bond donors (Lipinski definition) is 1. The largest absolute Gasteiger partial charge is 0.306 e. The molecular weight excluding hydrogens is 386 g/mol. The molecule has 0 unspecified atom stereocenters. The van der Waals surface area contributed by atoms with Gasteiger partial charge < -0.3 is 5.32 Å². The van der Waals surface area contributed by atoms with Crippen molar-refractivity contribution >= 4 is 43.2 Å². The number of halogens is 2. The van der Waals surface area contributed by atoms with E-state index in [-0.39, 0.29) is 0 Å². The Kier molecular flexibility index (Phi) is 3.37. The molecule has 104 valence electrons. The molecule has 0 aliphatic heterocycles. The molecule has 4 saturated carbocycles. The van der Waals surface area contributed by atoms with Crippen molar-refractivity contribution in [2.45, 2.75) is 50.6 Å². The van der Waals surface area contributed by atoms with Crippen LogP contribution in [-0.4, -0.2) is 5.54 Å². The van der Waals surface area contributed by atoms with E-state index in [0.717, 1.165) is 24.3 Å². The minimum absolute atomic E-state index is 0.484. The molecule has 4 aliphatic carbocycles. The summed E-state index contributed by atoms with van der Waals surface area (Å²) < 4.78 is 2.41. The second-order valence-corrected chi connectivity index (χ2v) is 10.2. The second-order valence-electron chi connectivity index (χ2n) is 6.89. The molecule has 0 spiro atoms. The third-order valence-electron chi connectivity index (χ3n) is 5.37. The van der Waals surface area contributed by atoms with E-state index in [1.54, 1.807) is 0 Å². The second kappa shape index (κ2) is 4.82. The lowest BCUT2D eigenvalue weighted by Gasteiger charge is -2.57. The van der Waals surface area contributed by atoms with Gasteiger partial charge in [0.25, 0.3) is 0 Å². The van der Waals surface area contributed by atoms with Crippen LogP contribution in [0.15, 0.2) is 14.3 Å². The summed E-state index contributed by atoms with van der Waals surface area (Å²) >= 11 is 9.03. The highest BCUT2D eigenvalue weighted by Gasteiger charge is 2.50. The number of rotatable bonds is 3. The van der Waals surface area contributed by atoms with Gasteiger partial charge in [-0.1, -0.05) is 0 Å². The smallest absolute Gasteiger partial charge is 0.0843 e. The fraction of sp³-hybridized carbons (Fsp3) is 0.733. The van der Waals surface area contributed by atoms with Crippen molar-refractivity contribution in [2.24, 2.45) is 17.8 Å². The quantitative estimate of drug-likeness (QED) is 0.717. The zero-order valence-electron chi connectivity index (χ0n) is 10.9. The van der Waals surface area contributed by atoms with E-state index in [0.29, 0.717) is 5.54 Å². The van der Waals surface area contributed by atoms with Crippen LogP contribution in [-0.2, 0) is 6.54 Å². The summed E-state index contributed by atoms with van der Waals surface area (Å²) in [5.74, 6) is 3.08. The molecular formula is C15H19Br2NS. The summed E-state index contributed by atoms with van der Waals surface area (Å²) in [6.07, 6.45) is 8.89. The summed E-state index contributed by atoms with van der Waals surface area (Å²) in [4.78, 5) is 1.44. The predicted octanol–water partition coefficient (Wildman–Crippen LogP) is 5.33. The molecule has 4 heteroatoms. The summed E-state index contributed by atoms with van der Waals surface area (Å²) in [6.45, 7) is 1.04. The third-order valence-corrected chi connectivity index (χ3v) is 8.63. The standard InChI is InChI=1S/C15H19Br2NS/c16-13-4-12(19-14(13)17)8-18-15-5-9-1-10(6-15)3-11(2-9)7-15/h4,9-11,18H,1-3,5-8H2. The monoisotopic (exact) mass is 403 g/mol. The van der Waals surface area contributed by atoms with Crippen LogP contribution in [0, 0.1) is 17.8 Å².